The van der Waals surface area contributed by atoms with Gasteiger partial charge in [0.1, 0.15) is 11.3 Å². The van der Waals surface area contributed by atoms with Crippen molar-refractivity contribution >= 4 is 28.5 Å². The van der Waals surface area contributed by atoms with Crippen LogP contribution in [0.4, 0.5) is 0 Å². The molecule has 0 spiro atoms. The molecule has 0 saturated heterocycles. The van der Waals surface area contributed by atoms with Crippen LogP contribution in [-0.2, 0) is 18.4 Å². The fourth-order valence-electron chi connectivity index (χ4n) is 3.32. The fraction of sp³-hybridized carbons (Fsp3) is 0.381. The first-order chi connectivity index (χ1) is 13.6. The first kappa shape index (κ1) is 20.9. The number of carbonyl (C=O) groups excluding carboxylic acids is 1. The molecule has 1 aromatic carbocycles. The van der Waals surface area contributed by atoms with Crippen LogP contribution in [0.5, 0.6) is 5.75 Å². The summed E-state index contributed by atoms with van der Waals surface area (Å²) in [5, 5.41) is 5.45. The van der Waals surface area contributed by atoms with Crippen LogP contribution in [0, 0.1) is 20.8 Å². The minimum Gasteiger partial charge on any atom is -0.479 e. The second-order valence-corrected chi connectivity index (χ2v) is 7.66. The maximum atomic E-state index is 12.8. The number of benzene rings is 1. The predicted octanol–water partition coefficient (Wildman–Crippen LogP) is 3.53. The van der Waals surface area contributed by atoms with Crippen LogP contribution in [0.3, 0.4) is 0 Å². The number of aromatic nitrogens is 2. The normalized spacial score (nSPS) is 12.2. The van der Waals surface area contributed by atoms with Crippen molar-refractivity contribution in [2.45, 2.75) is 40.3 Å². The number of likely N-dealkylation sites (N-methyl/N-ethyl adjacent to an activating group) is 1. The molecule has 1 amide bonds. The molecule has 3 rings (SSSR count). The smallest absolute Gasteiger partial charge is 0.336 e. The van der Waals surface area contributed by atoms with Crippen molar-refractivity contribution in [3.63, 3.8) is 0 Å². The highest BCUT2D eigenvalue weighted by Crippen LogP contribution is 2.32. The minimum absolute atomic E-state index is 0.200. The molecule has 8 heteroatoms. The van der Waals surface area contributed by atoms with Gasteiger partial charge in [0.05, 0.1) is 10.7 Å². The van der Waals surface area contributed by atoms with E-state index in [1.54, 1.807) is 42.6 Å². The predicted molar refractivity (Wildman–Crippen MR) is 111 cm³/mol. The van der Waals surface area contributed by atoms with Crippen LogP contribution in [-0.4, -0.2) is 33.7 Å². The molecule has 0 aliphatic carbocycles. The van der Waals surface area contributed by atoms with Gasteiger partial charge in [-0.25, -0.2) is 4.79 Å². The van der Waals surface area contributed by atoms with Crippen LogP contribution in [0.15, 0.2) is 27.4 Å². The lowest BCUT2D eigenvalue weighted by atomic mass is 10.1. The molecule has 154 valence electrons. The number of amides is 1. The van der Waals surface area contributed by atoms with Gasteiger partial charge in [0.2, 0.25) is 0 Å². The highest BCUT2D eigenvalue weighted by atomic mass is 35.5. The highest BCUT2D eigenvalue weighted by Gasteiger charge is 2.23. The van der Waals surface area contributed by atoms with Gasteiger partial charge < -0.3 is 14.1 Å². The fourth-order valence-corrected chi connectivity index (χ4v) is 3.53. The van der Waals surface area contributed by atoms with Crippen LogP contribution in [0.25, 0.3) is 11.0 Å². The number of carbonyl (C=O) groups is 1. The van der Waals surface area contributed by atoms with E-state index in [1.807, 2.05) is 20.9 Å². The second kappa shape index (κ2) is 7.91. The zero-order valence-corrected chi connectivity index (χ0v) is 18.1. The molecule has 0 bridgehead atoms. The lowest BCUT2D eigenvalue weighted by Gasteiger charge is -2.23. The number of hydrogen-bond acceptors (Lipinski definition) is 5. The quantitative estimate of drug-likeness (QED) is 0.593. The topological polar surface area (TPSA) is 77.6 Å². The molecular formula is C21H24ClN3O4. The van der Waals surface area contributed by atoms with E-state index >= 15 is 0 Å². The Balaban J connectivity index is 1.80. The summed E-state index contributed by atoms with van der Waals surface area (Å²) in [4.78, 5) is 26.1. The number of hydrogen-bond donors (Lipinski definition) is 0. The summed E-state index contributed by atoms with van der Waals surface area (Å²) in [7, 11) is 3.60. The van der Waals surface area contributed by atoms with Crippen LogP contribution < -0.4 is 10.4 Å². The minimum atomic E-state index is -0.774. The Morgan fingerprint density at radius 1 is 1.31 bits per heavy atom. The summed E-state index contributed by atoms with van der Waals surface area (Å²) >= 11 is 6.34. The maximum absolute atomic E-state index is 12.8. The molecule has 0 fully saturated rings. The second-order valence-electron chi connectivity index (χ2n) is 7.25. The van der Waals surface area contributed by atoms with Crippen molar-refractivity contribution in [3.8, 4) is 5.75 Å². The third-order valence-corrected chi connectivity index (χ3v) is 5.38. The average molecular weight is 418 g/mol. The zero-order chi connectivity index (χ0) is 21.5. The molecule has 2 aromatic heterocycles. The molecular weight excluding hydrogens is 394 g/mol. The lowest BCUT2D eigenvalue weighted by molar-refractivity contribution is -0.137. The Kier molecular flexibility index (Phi) is 5.71. The van der Waals surface area contributed by atoms with E-state index in [4.69, 9.17) is 20.8 Å². The Morgan fingerprint density at radius 2 is 2.00 bits per heavy atom. The van der Waals surface area contributed by atoms with Crippen molar-refractivity contribution in [2.24, 2.45) is 7.05 Å². The van der Waals surface area contributed by atoms with Crippen LogP contribution in [0.2, 0.25) is 5.02 Å². The SMILES string of the molecule is Cc1nn(C)c(C)c1CN(C)C(=O)C(C)Oc1cc2oc(=O)cc(C)c2cc1Cl. The van der Waals surface area contributed by atoms with E-state index in [0.717, 1.165) is 27.9 Å². The van der Waals surface area contributed by atoms with Crippen LogP contribution >= 0.6 is 11.6 Å². The number of rotatable bonds is 5. The van der Waals surface area contributed by atoms with E-state index in [2.05, 4.69) is 5.10 Å². The number of halogens is 1. The van der Waals surface area contributed by atoms with Gasteiger partial charge in [0.15, 0.2) is 6.10 Å². The van der Waals surface area contributed by atoms with E-state index < -0.39 is 11.7 Å². The van der Waals surface area contributed by atoms with Gasteiger partial charge in [0, 0.05) is 49.4 Å². The molecule has 1 unspecified atom stereocenters. The summed E-state index contributed by atoms with van der Waals surface area (Å²) < 4.78 is 12.8. The Bertz CT molecular complexity index is 1150. The number of aryl methyl sites for hydroxylation is 3. The van der Waals surface area contributed by atoms with E-state index in [0.29, 0.717) is 17.2 Å². The third-order valence-electron chi connectivity index (χ3n) is 5.09. The summed E-state index contributed by atoms with van der Waals surface area (Å²) in [6.07, 6.45) is -0.774. The van der Waals surface area contributed by atoms with Crippen molar-refractivity contribution in [2.75, 3.05) is 7.05 Å². The standard InChI is InChI=1S/C21H24ClN3O4/c1-11-7-20(26)29-18-9-19(17(22)8-15(11)18)28-14(4)21(27)24(5)10-16-12(2)23-25(6)13(16)3/h7-9,14H,10H2,1-6H3. The van der Waals surface area contributed by atoms with E-state index in [1.165, 1.54) is 6.07 Å². The summed E-state index contributed by atoms with van der Waals surface area (Å²) in [6, 6.07) is 4.63. The van der Waals surface area contributed by atoms with Gasteiger partial charge in [0.25, 0.3) is 5.91 Å². The molecule has 0 aliphatic heterocycles. The Morgan fingerprint density at radius 3 is 2.62 bits per heavy atom. The molecule has 1 atom stereocenters. The molecule has 0 saturated carbocycles. The molecule has 29 heavy (non-hydrogen) atoms. The molecule has 0 N–H and O–H groups in total. The lowest BCUT2D eigenvalue weighted by Crippen LogP contribution is -2.37. The van der Waals surface area contributed by atoms with Crippen molar-refractivity contribution < 1.29 is 13.9 Å². The maximum Gasteiger partial charge on any atom is 0.336 e. The van der Waals surface area contributed by atoms with Gasteiger partial charge in [-0.2, -0.15) is 5.10 Å². The van der Waals surface area contributed by atoms with Crippen molar-refractivity contribution in [3.05, 3.63) is 56.2 Å². The van der Waals surface area contributed by atoms with Gasteiger partial charge in [-0.3, -0.25) is 9.48 Å². The van der Waals surface area contributed by atoms with E-state index in [-0.39, 0.29) is 11.7 Å². The molecule has 0 aliphatic rings. The van der Waals surface area contributed by atoms with Gasteiger partial charge in [-0.15, -0.1) is 0 Å². The summed E-state index contributed by atoms with van der Waals surface area (Å²) in [5.41, 5.74) is 3.59. The third kappa shape index (κ3) is 4.15. The van der Waals surface area contributed by atoms with Crippen molar-refractivity contribution in [1.29, 1.82) is 0 Å². The Hall–Kier alpha value is -2.80. The monoisotopic (exact) mass is 417 g/mol. The van der Waals surface area contributed by atoms with Gasteiger partial charge in [-0.05, 0) is 39.3 Å². The largest absolute Gasteiger partial charge is 0.479 e. The number of ether oxygens (including phenoxy) is 1. The van der Waals surface area contributed by atoms with Gasteiger partial charge in [-0.1, -0.05) is 11.6 Å². The molecule has 3 aromatic rings. The highest BCUT2D eigenvalue weighted by molar-refractivity contribution is 6.32. The number of nitrogens with zero attached hydrogens (tertiary/aromatic N) is 3. The first-order valence-corrected chi connectivity index (χ1v) is 9.61. The van der Waals surface area contributed by atoms with Crippen LogP contribution in [0.1, 0.15) is 29.4 Å². The van der Waals surface area contributed by atoms with E-state index in [9.17, 15) is 9.59 Å². The Labute approximate surface area is 173 Å². The molecule has 7 nitrogen and oxygen atoms in total. The summed E-state index contributed by atoms with van der Waals surface area (Å²) in [6.45, 7) is 7.79. The average Bonchev–Trinajstić information content (AvgIpc) is 2.88. The number of fused-ring (bicyclic) bond motifs is 1. The first-order valence-electron chi connectivity index (χ1n) is 9.23. The molecule has 2 heterocycles. The molecule has 0 radical (unpaired) electrons. The van der Waals surface area contributed by atoms with Crippen molar-refractivity contribution in [1.82, 2.24) is 14.7 Å². The van der Waals surface area contributed by atoms with Gasteiger partial charge >= 0.3 is 5.63 Å². The summed E-state index contributed by atoms with van der Waals surface area (Å²) in [5.74, 6) is 0.0883. The zero-order valence-electron chi connectivity index (χ0n) is 17.4.